The summed E-state index contributed by atoms with van der Waals surface area (Å²) >= 11 is 6.21. The first-order chi connectivity index (χ1) is 14.2. The highest BCUT2D eigenvalue weighted by molar-refractivity contribution is 6.32. The number of aryl methyl sites for hydroxylation is 3. The molecule has 0 aromatic heterocycles. The van der Waals surface area contributed by atoms with Gasteiger partial charge < -0.3 is 15.0 Å². The lowest BCUT2D eigenvalue weighted by Crippen LogP contribution is -2.49. The van der Waals surface area contributed by atoms with Crippen molar-refractivity contribution in [1.82, 2.24) is 10.2 Å². The van der Waals surface area contributed by atoms with E-state index in [1.165, 1.54) is 0 Å². The Bertz CT molecular complexity index is 875. The third-order valence-corrected chi connectivity index (χ3v) is 5.69. The fourth-order valence-corrected chi connectivity index (χ4v) is 3.28. The average molecular weight is 431 g/mol. The van der Waals surface area contributed by atoms with E-state index in [1.807, 2.05) is 64.1 Å². The fraction of sp³-hybridized carbons (Fsp3) is 0.417. The van der Waals surface area contributed by atoms with Gasteiger partial charge in [-0.2, -0.15) is 0 Å². The first-order valence-electron chi connectivity index (χ1n) is 10.3. The topological polar surface area (TPSA) is 58.6 Å². The van der Waals surface area contributed by atoms with Gasteiger partial charge in [-0.25, -0.2) is 0 Å². The van der Waals surface area contributed by atoms with E-state index in [0.717, 1.165) is 28.7 Å². The summed E-state index contributed by atoms with van der Waals surface area (Å²) in [6, 6.07) is 10.9. The van der Waals surface area contributed by atoms with Crippen LogP contribution in [0.1, 0.15) is 42.5 Å². The second kappa shape index (κ2) is 11.0. The van der Waals surface area contributed by atoms with Crippen LogP contribution in [0, 0.1) is 20.8 Å². The molecule has 0 aliphatic heterocycles. The van der Waals surface area contributed by atoms with Crippen molar-refractivity contribution in [2.24, 2.45) is 0 Å². The Morgan fingerprint density at radius 3 is 2.33 bits per heavy atom. The quantitative estimate of drug-likeness (QED) is 0.633. The first-order valence-corrected chi connectivity index (χ1v) is 10.6. The molecule has 2 amide bonds. The minimum Gasteiger partial charge on any atom is -0.484 e. The molecule has 0 bridgehead atoms. The summed E-state index contributed by atoms with van der Waals surface area (Å²) in [6.07, 6.45) is 0.836. The number of ether oxygens (including phenoxy) is 1. The van der Waals surface area contributed by atoms with Gasteiger partial charge in [-0.15, -0.1) is 0 Å². The molecule has 0 heterocycles. The lowest BCUT2D eigenvalue weighted by Gasteiger charge is -2.29. The monoisotopic (exact) mass is 430 g/mol. The number of carbonyl (C=O) groups is 2. The van der Waals surface area contributed by atoms with E-state index in [9.17, 15) is 9.59 Å². The summed E-state index contributed by atoms with van der Waals surface area (Å²) in [5.41, 5.74) is 3.85. The Morgan fingerprint density at radius 2 is 1.73 bits per heavy atom. The highest BCUT2D eigenvalue weighted by Gasteiger charge is 2.26. The molecule has 6 heteroatoms. The molecule has 0 unspecified atom stereocenters. The van der Waals surface area contributed by atoms with Crippen LogP contribution < -0.4 is 10.1 Å². The van der Waals surface area contributed by atoms with E-state index in [4.69, 9.17) is 16.3 Å². The number of halogens is 1. The maximum Gasteiger partial charge on any atom is 0.261 e. The van der Waals surface area contributed by atoms with E-state index < -0.39 is 6.04 Å². The number of carbonyl (C=O) groups excluding carboxylic acids is 2. The third kappa shape index (κ3) is 6.23. The van der Waals surface area contributed by atoms with E-state index in [2.05, 4.69) is 5.32 Å². The Kier molecular flexibility index (Phi) is 8.72. The molecule has 0 saturated carbocycles. The van der Waals surface area contributed by atoms with Crippen molar-refractivity contribution in [1.29, 1.82) is 0 Å². The molecule has 0 saturated heterocycles. The number of rotatable bonds is 9. The largest absolute Gasteiger partial charge is 0.484 e. The first kappa shape index (κ1) is 23.7. The van der Waals surface area contributed by atoms with Gasteiger partial charge in [0, 0.05) is 18.1 Å². The molecule has 0 fully saturated rings. The summed E-state index contributed by atoms with van der Waals surface area (Å²) in [7, 11) is 0. The summed E-state index contributed by atoms with van der Waals surface area (Å²) < 4.78 is 5.76. The highest BCUT2D eigenvalue weighted by atomic mass is 35.5. The van der Waals surface area contributed by atoms with Gasteiger partial charge in [0.25, 0.3) is 5.91 Å². The number of nitrogens with zero attached hydrogens (tertiary/aromatic N) is 1. The smallest absolute Gasteiger partial charge is 0.261 e. The van der Waals surface area contributed by atoms with Crippen molar-refractivity contribution in [2.75, 3.05) is 13.2 Å². The van der Waals surface area contributed by atoms with Crippen LogP contribution in [0.3, 0.4) is 0 Å². The zero-order valence-corrected chi connectivity index (χ0v) is 19.2. The third-order valence-electron chi connectivity index (χ3n) is 5.09. The molecule has 0 aliphatic rings. The summed E-state index contributed by atoms with van der Waals surface area (Å²) in [6.45, 7) is 10.3. The SMILES string of the molecule is CCCNC(=O)[C@H](C)N(Cc1ccccc1C)C(=O)COc1cc(C)c(Cl)c(C)c1. The van der Waals surface area contributed by atoms with Gasteiger partial charge in [-0.3, -0.25) is 9.59 Å². The Labute approximate surface area is 184 Å². The standard InChI is InChI=1S/C24H31ClN2O3/c1-6-11-26-24(29)19(5)27(14-20-10-8-7-9-16(20)2)22(28)15-30-21-12-17(3)23(25)18(4)13-21/h7-10,12-13,19H,6,11,14-15H2,1-5H3,(H,26,29)/t19-/m0/s1. The molecule has 2 rings (SSSR count). The van der Waals surface area contributed by atoms with Gasteiger partial charge in [0.15, 0.2) is 6.61 Å². The molecule has 0 radical (unpaired) electrons. The molecule has 0 spiro atoms. The van der Waals surface area contributed by atoms with Crippen LogP contribution >= 0.6 is 11.6 Å². The Balaban J connectivity index is 2.18. The highest BCUT2D eigenvalue weighted by Crippen LogP contribution is 2.26. The van der Waals surface area contributed by atoms with Crippen LogP contribution in [0.2, 0.25) is 5.02 Å². The number of hydrogen-bond donors (Lipinski definition) is 1. The van der Waals surface area contributed by atoms with Crippen molar-refractivity contribution in [3.8, 4) is 5.75 Å². The number of hydrogen-bond acceptors (Lipinski definition) is 3. The van der Waals surface area contributed by atoms with Crippen LogP contribution in [0.25, 0.3) is 0 Å². The van der Waals surface area contributed by atoms with Crippen molar-refractivity contribution < 1.29 is 14.3 Å². The molecule has 1 atom stereocenters. The summed E-state index contributed by atoms with van der Waals surface area (Å²) in [5, 5.41) is 3.57. The van der Waals surface area contributed by atoms with Crippen LogP contribution in [-0.2, 0) is 16.1 Å². The predicted octanol–water partition coefficient (Wildman–Crippen LogP) is 4.59. The average Bonchev–Trinajstić information content (AvgIpc) is 2.72. The molecule has 5 nitrogen and oxygen atoms in total. The molecule has 162 valence electrons. The predicted molar refractivity (Wildman–Crippen MR) is 121 cm³/mol. The van der Waals surface area contributed by atoms with E-state index in [-0.39, 0.29) is 18.4 Å². The number of benzene rings is 2. The number of nitrogens with one attached hydrogen (secondary N) is 1. The fourth-order valence-electron chi connectivity index (χ4n) is 3.17. The minimum atomic E-state index is -0.610. The Morgan fingerprint density at radius 1 is 1.10 bits per heavy atom. The molecule has 0 aliphatic carbocycles. The van der Waals surface area contributed by atoms with Crippen LogP contribution in [-0.4, -0.2) is 35.9 Å². The second-order valence-corrected chi connectivity index (χ2v) is 7.95. The summed E-state index contributed by atoms with van der Waals surface area (Å²) in [4.78, 5) is 27.2. The van der Waals surface area contributed by atoms with E-state index >= 15 is 0 Å². The molecular formula is C24H31ClN2O3. The van der Waals surface area contributed by atoms with Crippen molar-refractivity contribution >= 4 is 23.4 Å². The minimum absolute atomic E-state index is 0.155. The molecule has 2 aromatic carbocycles. The molecule has 2 aromatic rings. The van der Waals surface area contributed by atoms with E-state index in [0.29, 0.717) is 23.9 Å². The van der Waals surface area contributed by atoms with Gasteiger partial charge in [0.1, 0.15) is 11.8 Å². The Hall–Kier alpha value is -2.53. The zero-order valence-electron chi connectivity index (χ0n) is 18.4. The van der Waals surface area contributed by atoms with Crippen LogP contribution in [0.5, 0.6) is 5.75 Å². The summed E-state index contributed by atoms with van der Waals surface area (Å²) in [5.74, 6) is 0.168. The van der Waals surface area contributed by atoms with Crippen molar-refractivity contribution in [3.63, 3.8) is 0 Å². The molecular weight excluding hydrogens is 400 g/mol. The molecule has 30 heavy (non-hydrogen) atoms. The normalized spacial score (nSPS) is 11.7. The van der Waals surface area contributed by atoms with Crippen LogP contribution in [0.4, 0.5) is 0 Å². The van der Waals surface area contributed by atoms with E-state index in [1.54, 1.807) is 11.8 Å². The maximum absolute atomic E-state index is 13.1. The molecule has 1 N–H and O–H groups in total. The van der Waals surface area contributed by atoms with Gasteiger partial charge in [-0.1, -0.05) is 42.8 Å². The van der Waals surface area contributed by atoms with Crippen molar-refractivity contribution in [2.45, 2.75) is 53.6 Å². The second-order valence-electron chi connectivity index (χ2n) is 7.57. The van der Waals surface area contributed by atoms with Gasteiger partial charge >= 0.3 is 0 Å². The van der Waals surface area contributed by atoms with Crippen LogP contribution in [0.15, 0.2) is 36.4 Å². The van der Waals surface area contributed by atoms with Gasteiger partial charge in [-0.05, 0) is 68.5 Å². The van der Waals surface area contributed by atoms with Crippen molar-refractivity contribution in [3.05, 3.63) is 63.7 Å². The van der Waals surface area contributed by atoms with Gasteiger partial charge in [0.05, 0.1) is 0 Å². The maximum atomic E-state index is 13.1. The van der Waals surface area contributed by atoms with Gasteiger partial charge in [0.2, 0.25) is 5.91 Å². The lowest BCUT2D eigenvalue weighted by molar-refractivity contribution is -0.142. The number of amides is 2. The zero-order chi connectivity index (χ0) is 22.3. The lowest BCUT2D eigenvalue weighted by atomic mass is 10.1.